The van der Waals surface area contributed by atoms with Crippen LogP contribution < -0.4 is 5.73 Å². The molecule has 0 fully saturated rings. The minimum absolute atomic E-state index is 0.819. The maximum atomic E-state index is 5.03. The van der Waals surface area contributed by atoms with E-state index in [2.05, 4.69) is 34.6 Å². The average molecular weight is 175 g/mol. The van der Waals surface area contributed by atoms with Crippen molar-refractivity contribution in [2.45, 2.75) is 66.7 Å². The van der Waals surface area contributed by atoms with Crippen LogP contribution in [0.5, 0.6) is 0 Å². The number of rotatable bonds is 3. The van der Waals surface area contributed by atoms with Gasteiger partial charge in [-0.05, 0) is 13.0 Å². The summed E-state index contributed by atoms with van der Waals surface area (Å²) in [5.41, 5.74) is 5.03. The molecule has 0 unspecified atom stereocenters. The van der Waals surface area contributed by atoms with E-state index in [1.165, 1.54) is 25.7 Å². The molecule has 12 heavy (non-hydrogen) atoms. The van der Waals surface area contributed by atoms with E-state index in [9.17, 15) is 0 Å². The molecule has 0 saturated carbocycles. The van der Waals surface area contributed by atoms with Crippen LogP contribution in [0, 0.1) is 0 Å². The third-order valence-corrected chi connectivity index (χ3v) is 0.996. The van der Waals surface area contributed by atoms with Crippen LogP contribution in [0.15, 0.2) is 0 Å². The Hall–Kier alpha value is -0.0400. The Balaban J connectivity index is -0.000000105. The van der Waals surface area contributed by atoms with E-state index in [4.69, 9.17) is 5.73 Å². The summed E-state index contributed by atoms with van der Waals surface area (Å²) in [4.78, 5) is 0. The molecule has 0 bridgehead atoms. The number of hydrogen-bond acceptors (Lipinski definition) is 1. The normalized spacial score (nSPS) is 7.50. The Labute approximate surface area is 79.7 Å². The van der Waals surface area contributed by atoms with Crippen LogP contribution in [0.2, 0.25) is 0 Å². The van der Waals surface area contributed by atoms with Gasteiger partial charge in [0.25, 0.3) is 0 Å². The quantitative estimate of drug-likeness (QED) is 0.690. The lowest BCUT2D eigenvalue weighted by molar-refractivity contribution is 0.772. The first-order valence-electron chi connectivity index (χ1n) is 5.44. The molecule has 1 heteroatoms. The Morgan fingerprint density at radius 2 is 1.00 bits per heavy atom. The van der Waals surface area contributed by atoms with E-state index in [0.717, 1.165) is 13.0 Å². The molecule has 0 aliphatic rings. The van der Waals surface area contributed by atoms with E-state index < -0.39 is 0 Å². The van der Waals surface area contributed by atoms with Gasteiger partial charge in [0.1, 0.15) is 0 Å². The van der Waals surface area contributed by atoms with Gasteiger partial charge in [0.05, 0.1) is 0 Å². The second-order valence-corrected chi connectivity index (χ2v) is 2.85. The lowest BCUT2D eigenvalue weighted by Gasteiger charge is -1.79. The second kappa shape index (κ2) is 30.6. The van der Waals surface area contributed by atoms with Crippen molar-refractivity contribution in [2.75, 3.05) is 6.54 Å². The third-order valence-electron chi connectivity index (χ3n) is 0.996. The van der Waals surface area contributed by atoms with Gasteiger partial charge in [-0.2, -0.15) is 0 Å². The van der Waals surface area contributed by atoms with Gasteiger partial charge in [-0.25, -0.2) is 0 Å². The first-order chi connectivity index (χ1) is 5.74. The first kappa shape index (κ1) is 17.9. The van der Waals surface area contributed by atoms with Crippen molar-refractivity contribution < 1.29 is 0 Å². The lowest BCUT2D eigenvalue weighted by Crippen LogP contribution is -1.93. The maximum absolute atomic E-state index is 5.03. The van der Waals surface area contributed by atoms with E-state index in [1.807, 2.05) is 0 Å². The van der Waals surface area contributed by atoms with E-state index in [0.29, 0.717) is 0 Å². The van der Waals surface area contributed by atoms with Crippen LogP contribution >= 0.6 is 0 Å². The molecule has 0 aromatic carbocycles. The molecule has 0 aromatic rings. The van der Waals surface area contributed by atoms with E-state index in [1.54, 1.807) is 0 Å². The van der Waals surface area contributed by atoms with Gasteiger partial charge in [0.15, 0.2) is 0 Å². The molecule has 0 atom stereocenters. The van der Waals surface area contributed by atoms with Crippen molar-refractivity contribution in [3.05, 3.63) is 0 Å². The zero-order chi connectivity index (χ0) is 10.2. The van der Waals surface area contributed by atoms with Crippen molar-refractivity contribution in [2.24, 2.45) is 5.73 Å². The smallest absolute Gasteiger partial charge is 0.00799 e. The zero-order valence-electron chi connectivity index (χ0n) is 9.82. The lowest BCUT2D eigenvalue weighted by atomic mass is 10.3. The van der Waals surface area contributed by atoms with Gasteiger partial charge in [-0.3, -0.25) is 0 Å². The van der Waals surface area contributed by atoms with Crippen LogP contribution in [0.1, 0.15) is 66.7 Å². The fourth-order valence-corrected chi connectivity index (χ4v) is 0.354. The van der Waals surface area contributed by atoms with Gasteiger partial charge in [0, 0.05) is 0 Å². The number of hydrogen-bond donors (Lipinski definition) is 1. The summed E-state index contributed by atoms with van der Waals surface area (Å²) in [5, 5.41) is 0. The topological polar surface area (TPSA) is 26.0 Å². The summed E-state index contributed by atoms with van der Waals surface area (Å²) in [6.45, 7) is 11.5. The van der Waals surface area contributed by atoms with Gasteiger partial charge in [-0.15, -0.1) is 0 Å². The molecule has 0 amide bonds. The van der Waals surface area contributed by atoms with Crippen LogP contribution in [0.4, 0.5) is 0 Å². The second-order valence-electron chi connectivity index (χ2n) is 2.85. The Morgan fingerprint density at radius 3 is 1.00 bits per heavy atom. The van der Waals surface area contributed by atoms with Gasteiger partial charge in [-0.1, -0.05) is 60.3 Å². The molecular formula is C11H29N. The highest BCUT2D eigenvalue weighted by Gasteiger charge is 1.68. The minimum Gasteiger partial charge on any atom is -0.330 e. The van der Waals surface area contributed by atoms with Crippen LogP contribution in [0.25, 0.3) is 0 Å². The Kier molecular flexibility index (Phi) is 45.6. The predicted octanol–water partition coefficient (Wildman–Crippen LogP) is 3.97. The standard InChI is InChI=1S/C5H12.C3H9N.C3H8/c1-3-5-4-2;1-2-3-4;1-3-2/h3-5H2,1-2H3;2-4H2,1H3;3H2,1-2H3. The summed E-state index contributed by atoms with van der Waals surface area (Å²) in [6.07, 6.45) is 6.42. The fourth-order valence-electron chi connectivity index (χ4n) is 0.354. The molecule has 0 saturated heterocycles. The molecule has 0 spiro atoms. The molecular weight excluding hydrogens is 146 g/mol. The maximum Gasteiger partial charge on any atom is -0.00799 e. The average Bonchev–Trinajstić information content (AvgIpc) is 2.08. The van der Waals surface area contributed by atoms with Crippen molar-refractivity contribution in [1.29, 1.82) is 0 Å². The summed E-state index contributed by atoms with van der Waals surface area (Å²) in [6, 6.07) is 0. The minimum atomic E-state index is 0.819. The molecule has 78 valence electrons. The highest BCUT2D eigenvalue weighted by atomic mass is 14.5. The molecule has 0 radical (unpaired) electrons. The van der Waals surface area contributed by atoms with E-state index in [-0.39, 0.29) is 0 Å². The Bertz CT molecular complexity index is 32.0. The van der Waals surface area contributed by atoms with Gasteiger partial charge in [0.2, 0.25) is 0 Å². The Morgan fingerprint density at radius 1 is 0.750 bits per heavy atom. The molecule has 0 heterocycles. The highest BCUT2D eigenvalue weighted by molar-refractivity contribution is 4.24. The molecule has 0 aliphatic heterocycles. The summed E-state index contributed by atoms with van der Waals surface area (Å²) < 4.78 is 0. The SMILES string of the molecule is CCC.CCCCC.CCCN. The van der Waals surface area contributed by atoms with Gasteiger partial charge < -0.3 is 5.73 Å². The molecule has 1 nitrogen and oxygen atoms in total. The van der Waals surface area contributed by atoms with Crippen molar-refractivity contribution in [3.63, 3.8) is 0 Å². The number of unbranched alkanes of at least 4 members (excludes halogenated alkanes) is 2. The van der Waals surface area contributed by atoms with Crippen molar-refractivity contribution >= 4 is 0 Å². The largest absolute Gasteiger partial charge is 0.330 e. The highest BCUT2D eigenvalue weighted by Crippen LogP contribution is 1.88. The van der Waals surface area contributed by atoms with Crippen molar-refractivity contribution in [1.82, 2.24) is 0 Å². The predicted molar refractivity (Wildman–Crippen MR) is 60.5 cm³/mol. The summed E-state index contributed by atoms with van der Waals surface area (Å²) >= 11 is 0. The van der Waals surface area contributed by atoms with Gasteiger partial charge >= 0.3 is 0 Å². The zero-order valence-corrected chi connectivity index (χ0v) is 9.82. The third kappa shape index (κ3) is 91.3. The van der Waals surface area contributed by atoms with Crippen LogP contribution in [0.3, 0.4) is 0 Å². The summed E-state index contributed by atoms with van der Waals surface area (Å²) in [5.74, 6) is 0. The van der Waals surface area contributed by atoms with E-state index >= 15 is 0 Å². The fraction of sp³-hybridized carbons (Fsp3) is 1.00. The van der Waals surface area contributed by atoms with Crippen LogP contribution in [-0.4, -0.2) is 6.54 Å². The first-order valence-corrected chi connectivity index (χ1v) is 5.44. The molecule has 0 rings (SSSR count). The molecule has 2 N–H and O–H groups in total. The number of nitrogens with two attached hydrogens (primary N) is 1. The molecule has 0 aliphatic carbocycles. The van der Waals surface area contributed by atoms with Crippen molar-refractivity contribution in [3.8, 4) is 0 Å². The van der Waals surface area contributed by atoms with Crippen LogP contribution in [-0.2, 0) is 0 Å². The summed E-state index contributed by atoms with van der Waals surface area (Å²) in [7, 11) is 0. The molecule has 0 aromatic heterocycles. The monoisotopic (exact) mass is 175 g/mol.